The highest BCUT2D eigenvalue weighted by Gasteiger charge is 2.35. The van der Waals surface area contributed by atoms with Crippen molar-refractivity contribution in [2.75, 3.05) is 6.61 Å². The van der Waals surface area contributed by atoms with Gasteiger partial charge >= 0.3 is 17.6 Å². The van der Waals surface area contributed by atoms with Gasteiger partial charge in [-0.15, -0.1) is 0 Å². The fourth-order valence-corrected chi connectivity index (χ4v) is 1.81. The summed E-state index contributed by atoms with van der Waals surface area (Å²) in [6.07, 6.45) is 0. The number of rotatable bonds is 5. The molecule has 0 aromatic heterocycles. The van der Waals surface area contributed by atoms with Crippen LogP contribution in [0.15, 0.2) is 18.2 Å². The van der Waals surface area contributed by atoms with Crippen molar-refractivity contribution in [3.8, 4) is 0 Å². The van der Waals surface area contributed by atoms with Crippen molar-refractivity contribution in [2.24, 2.45) is 0 Å². The van der Waals surface area contributed by atoms with Crippen LogP contribution >= 0.6 is 0 Å². The Balaban J connectivity index is 3.24. The molecule has 0 spiro atoms. The Morgan fingerprint density at radius 2 is 1.91 bits per heavy atom. The van der Waals surface area contributed by atoms with Crippen molar-refractivity contribution < 1.29 is 28.4 Å². The van der Waals surface area contributed by atoms with Crippen LogP contribution in [0.2, 0.25) is 0 Å². The molecular weight excluding hydrogens is 309 g/mol. The number of hydrogen-bond donors (Lipinski definition) is 0. The predicted molar refractivity (Wildman–Crippen MR) is 78.3 cm³/mol. The molecule has 1 aromatic rings. The molecule has 0 saturated heterocycles. The first-order chi connectivity index (χ1) is 10.6. The molecule has 7 nitrogen and oxygen atoms in total. The molecule has 0 amide bonds. The Bertz CT molecular complexity index is 623. The number of benzene rings is 1. The fourth-order valence-electron chi connectivity index (χ4n) is 1.81. The van der Waals surface area contributed by atoms with E-state index in [1.54, 1.807) is 27.7 Å². The standard InChI is InChI=1S/C15H18FNO6/c1-5-22-13(18)12(14(19)23-15(2,3)4)9-6-7-11(17(20)21)10(16)8-9/h6-8,12H,5H2,1-4H3. The van der Waals surface area contributed by atoms with Gasteiger partial charge in [-0.05, 0) is 39.3 Å². The Hall–Kier alpha value is -2.51. The minimum absolute atomic E-state index is 0.0214. The first-order valence-electron chi connectivity index (χ1n) is 6.90. The van der Waals surface area contributed by atoms with Gasteiger partial charge in [0.2, 0.25) is 5.82 Å². The predicted octanol–water partition coefficient (Wildman–Crippen LogP) is 2.72. The summed E-state index contributed by atoms with van der Waals surface area (Å²) in [7, 11) is 0. The van der Waals surface area contributed by atoms with Gasteiger partial charge in [0, 0.05) is 6.07 Å². The fraction of sp³-hybridized carbons (Fsp3) is 0.467. The Kier molecular flexibility index (Phi) is 5.78. The van der Waals surface area contributed by atoms with E-state index in [9.17, 15) is 24.1 Å². The van der Waals surface area contributed by atoms with Crippen LogP contribution < -0.4 is 0 Å². The first-order valence-corrected chi connectivity index (χ1v) is 6.90. The van der Waals surface area contributed by atoms with E-state index in [-0.39, 0.29) is 12.2 Å². The molecule has 0 aliphatic rings. The van der Waals surface area contributed by atoms with E-state index in [1.807, 2.05) is 0 Å². The quantitative estimate of drug-likeness (QED) is 0.357. The number of nitro groups is 1. The molecule has 126 valence electrons. The van der Waals surface area contributed by atoms with Crippen molar-refractivity contribution >= 4 is 17.6 Å². The Morgan fingerprint density at radius 1 is 1.30 bits per heavy atom. The minimum Gasteiger partial charge on any atom is -0.465 e. The maximum absolute atomic E-state index is 13.8. The average molecular weight is 327 g/mol. The van der Waals surface area contributed by atoms with Crippen LogP contribution in [-0.4, -0.2) is 29.1 Å². The van der Waals surface area contributed by atoms with Gasteiger partial charge < -0.3 is 9.47 Å². The molecule has 0 N–H and O–H groups in total. The molecule has 23 heavy (non-hydrogen) atoms. The largest absolute Gasteiger partial charge is 0.465 e. The molecule has 0 bridgehead atoms. The van der Waals surface area contributed by atoms with Gasteiger partial charge in [-0.1, -0.05) is 6.07 Å². The summed E-state index contributed by atoms with van der Waals surface area (Å²) in [6.45, 7) is 6.42. The summed E-state index contributed by atoms with van der Waals surface area (Å²) >= 11 is 0. The summed E-state index contributed by atoms with van der Waals surface area (Å²) in [5, 5.41) is 10.6. The highest BCUT2D eigenvalue weighted by Crippen LogP contribution is 2.26. The van der Waals surface area contributed by atoms with Crippen molar-refractivity contribution in [1.29, 1.82) is 0 Å². The van der Waals surface area contributed by atoms with E-state index >= 15 is 0 Å². The summed E-state index contributed by atoms with van der Waals surface area (Å²) in [4.78, 5) is 34.0. The third-order valence-electron chi connectivity index (χ3n) is 2.67. The van der Waals surface area contributed by atoms with Gasteiger partial charge in [0.1, 0.15) is 5.60 Å². The van der Waals surface area contributed by atoms with E-state index in [4.69, 9.17) is 9.47 Å². The molecule has 0 saturated carbocycles. The van der Waals surface area contributed by atoms with Crippen LogP contribution in [0.3, 0.4) is 0 Å². The number of esters is 2. The Morgan fingerprint density at radius 3 is 2.35 bits per heavy atom. The van der Waals surface area contributed by atoms with Crippen molar-refractivity contribution in [3.05, 3.63) is 39.7 Å². The maximum Gasteiger partial charge on any atom is 0.325 e. The third-order valence-corrected chi connectivity index (χ3v) is 2.67. The Labute approximate surface area is 132 Å². The lowest BCUT2D eigenvalue weighted by molar-refractivity contribution is -0.387. The lowest BCUT2D eigenvalue weighted by atomic mass is 9.98. The van der Waals surface area contributed by atoms with E-state index in [0.717, 1.165) is 18.2 Å². The molecule has 1 rings (SSSR count). The first kappa shape index (κ1) is 18.5. The van der Waals surface area contributed by atoms with E-state index in [1.165, 1.54) is 0 Å². The lowest BCUT2D eigenvalue weighted by Gasteiger charge is -2.23. The molecule has 0 heterocycles. The van der Waals surface area contributed by atoms with Crippen molar-refractivity contribution in [1.82, 2.24) is 0 Å². The molecule has 8 heteroatoms. The molecule has 0 aliphatic heterocycles. The smallest absolute Gasteiger partial charge is 0.325 e. The normalized spacial score (nSPS) is 12.4. The van der Waals surface area contributed by atoms with Crippen LogP contribution in [-0.2, 0) is 19.1 Å². The summed E-state index contributed by atoms with van der Waals surface area (Å²) in [5.74, 6) is -4.48. The molecular formula is C15H18FNO6. The van der Waals surface area contributed by atoms with E-state index in [2.05, 4.69) is 0 Å². The zero-order chi connectivity index (χ0) is 17.8. The molecule has 1 atom stereocenters. The number of carbonyl (C=O) groups is 2. The summed E-state index contributed by atoms with van der Waals surface area (Å²) in [6, 6.07) is 2.79. The SMILES string of the molecule is CCOC(=O)C(C(=O)OC(C)(C)C)c1ccc([N+](=O)[O-])c(F)c1. The minimum atomic E-state index is -1.51. The summed E-state index contributed by atoms with van der Waals surface area (Å²) in [5.41, 5.74) is -1.68. The lowest BCUT2D eigenvalue weighted by Crippen LogP contribution is -2.32. The molecule has 0 radical (unpaired) electrons. The number of hydrogen-bond acceptors (Lipinski definition) is 6. The van der Waals surface area contributed by atoms with E-state index < -0.39 is 39.9 Å². The monoisotopic (exact) mass is 327 g/mol. The zero-order valence-corrected chi connectivity index (χ0v) is 13.3. The van der Waals surface area contributed by atoms with Crippen LogP contribution in [0.25, 0.3) is 0 Å². The summed E-state index contributed by atoms with van der Waals surface area (Å²) < 4.78 is 23.7. The van der Waals surface area contributed by atoms with Gasteiger partial charge in [0.05, 0.1) is 11.5 Å². The third kappa shape index (κ3) is 5.01. The van der Waals surface area contributed by atoms with Gasteiger partial charge in [-0.25, -0.2) is 0 Å². The van der Waals surface area contributed by atoms with Crippen molar-refractivity contribution in [2.45, 2.75) is 39.2 Å². The van der Waals surface area contributed by atoms with Crippen LogP contribution in [0.4, 0.5) is 10.1 Å². The second-order valence-corrected chi connectivity index (χ2v) is 5.69. The highest BCUT2D eigenvalue weighted by atomic mass is 19.1. The molecule has 1 unspecified atom stereocenters. The van der Waals surface area contributed by atoms with Gasteiger partial charge in [0.15, 0.2) is 5.92 Å². The topological polar surface area (TPSA) is 95.7 Å². The number of nitrogens with zero attached hydrogens (tertiary/aromatic N) is 1. The number of carbonyl (C=O) groups excluding carboxylic acids is 2. The van der Waals surface area contributed by atoms with Crippen molar-refractivity contribution in [3.63, 3.8) is 0 Å². The molecule has 0 fully saturated rings. The highest BCUT2D eigenvalue weighted by molar-refractivity contribution is 6.01. The number of ether oxygens (including phenoxy) is 2. The zero-order valence-electron chi connectivity index (χ0n) is 13.3. The second-order valence-electron chi connectivity index (χ2n) is 5.69. The van der Waals surface area contributed by atoms with Gasteiger partial charge in [-0.2, -0.15) is 4.39 Å². The van der Waals surface area contributed by atoms with Crippen LogP contribution in [0, 0.1) is 15.9 Å². The number of nitro benzene ring substituents is 1. The van der Waals surface area contributed by atoms with E-state index in [0.29, 0.717) is 0 Å². The maximum atomic E-state index is 13.8. The molecule has 1 aromatic carbocycles. The second kappa shape index (κ2) is 7.17. The van der Waals surface area contributed by atoms with Crippen LogP contribution in [0.5, 0.6) is 0 Å². The molecule has 0 aliphatic carbocycles. The average Bonchev–Trinajstić information content (AvgIpc) is 2.36. The van der Waals surface area contributed by atoms with Gasteiger partial charge in [0.25, 0.3) is 0 Å². The van der Waals surface area contributed by atoms with Gasteiger partial charge in [-0.3, -0.25) is 19.7 Å². The van der Waals surface area contributed by atoms with Crippen LogP contribution in [0.1, 0.15) is 39.2 Å². The number of halogens is 1.